The molecule has 110 valence electrons. The normalized spacial score (nSPS) is 11.9. The first kappa shape index (κ1) is 15.1. The lowest BCUT2D eigenvalue weighted by molar-refractivity contribution is -0.332. The van der Waals surface area contributed by atoms with Gasteiger partial charge in [0.15, 0.2) is 6.23 Å². The van der Waals surface area contributed by atoms with Crippen molar-refractivity contribution in [3.8, 4) is 0 Å². The average molecular weight is 290 g/mol. The van der Waals surface area contributed by atoms with Gasteiger partial charge in [-0.3, -0.25) is 4.79 Å². The van der Waals surface area contributed by atoms with Crippen LogP contribution < -0.4 is 11.2 Å². The Morgan fingerprint density at radius 3 is 2.62 bits per heavy atom. The summed E-state index contributed by atoms with van der Waals surface area (Å²) in [5, 5.41) is 2.58. The van der Waals surface area contributed by atoms with Crippen LogP contribution in [-0.4, -0.2) is 12.1 Å². The number of nitrogens with two attached hydrogens (primary N) is 1. The maximum Gasteiger partial charge on any atom is 0.253 e. The van der Waals surface area contributed by atoms with Crippen LogP contribution in [0.1, 0.15) is 15.9 Å². The number of halogens is 1. The fraction of sp³-hybridized carbons (Fsp3) is 0.133. The zero-order valence-electron chi connectivity index (χ0n) is 11.2. The number of amides is 1. The fourth-order valence-electron chi connectivity index (χ4n) is 1.86. The van der Waals surface area contributed by atoms with Gasteiger partial charge in [-0.05, 0) is 23.8 Å². The molecule has 0 radical (unpaired) electrons. The summed E-state index contributed by atoms with van der Waals surface area (Å²) in [7, 11) is 0. The molecule has 0 saturated heterocycles. The van der Waals surface area contributed by atoms with Crippen molar-refractivity contribution in [2.24, 2.45) is 5.90 Å². The van der Waals surface area contributed by atoms with E-state index in [4.69, 9.17) is 10.8 Å². The predicted molar refractivity (Wildman–Crippen MR) is 74.2 cm³/mol. The van der Waals surface area contributed by atoms with E-state index in [2.05, 4.69) is 10.3 Å². The molecule has 6 heteroatoms. The fourth-order valence-corrected chi connectivity index (χ4v) is 1.86. The van der Waals surface area contributed by atoms with Gasteiger partial charge in [0, 0.05) is 12.0 Å². The molecule has 21 heavy (non-hydrogen) atoms. The van der Waals surface area contributed by atoms with Crippen LogP contribution in [0.5, 0.6) is 0 Å². The standard InChI is InChI=1S/C15H15FN2O3/c16-13-8-4-7-12(10-13)15(19)18-14(20-21-17)9-11-5-2-1-3-6-11/h1-8,10,14H,9,17H2,(H,18,19). The van der Waals surface area contributed by atoms with Gasteiger partial charge in [-0.1, -0.05) is 36.4 Å². The summed E-state index contributed by atoms with van der Waals surface area (Å²) in [6.07, 6.45) is -0.424. The monoisotopic (exact) mass is 290 g/mol. The highest BCUT2D eigenvalue weighted by Gasteiger charge is 2.16. The molecule has 0 heterocycles. The van der Waals surface area contributed by atoms with Gasteiger partial charge in [0.25, 0.3) is 5.91 Å². The molecule has 2 rings (SSSR count). The SMILES string of the molecule is NOOC(Cc1ccccc1)NC(=O)c1cccc(F)c1. The van der Waals surface area contributed by atoms with Crippen LogP contribution in [0.3, 0.4) is 0 Å². The molecule has 0 aromatic heterocycles. The maximum atomic E-state index is 13.1. The molecule has 3 N–H and O–H groups in total. The summed E-state index contributed by atoms with van der Waals surface area (Å²) < 4.78 is 13.1. The quantitative estimate of drug-likeness (QED) is 0.484. The van der Waals surface area contributed by atoms with Crippen molar-refractivity contribution in [3.05, 3.63) is 71.5 Å². The van der Waals surface area contributed by atoms with Crippen LogP contribution >= 0.6 is 0 Å². The van der Waals surface area contributed by atoms with Crippen LogP contribution in [0.2, 0.25) is 0 Å². The number of carbonyl (C=O) groups excluding carboxylic acids is 1. The lowest BCUT2D eigenvalue weighted by Gasteiger charge is -2.16. The van der Waals surface area contributed by atoms with Gasteiger partial charge in [0.05, 0.1) is 0 Å². The number of hydrogen-bond donors (Lipinski definition) is 2. The first-order valence-electron chi connectivity index (χ1n) is 6.31. The van der Waals surface area contributed by atoms with E-state index in [0.29, 0.717) is 6.42 Å². The minimum atomic E-state index is -0.784. The van der Waals surface area contributed by atoms with Crippen LogP contribution in [0.25, 0.3) is 0 Å². The largest absolute Gasteiger partial charge is 0.324 e. The number of hydrogen-bond acceptors (Lipinski definition) is 4. The third-order valence-corrected chi connectivity index (χ3v) is 2.81. The number of rotatable bonds is 6. The van der Waals surface area contributed by atoms with Gasteiger partial charge in [0.1, 0.15) is 5.82 Å². The number of nitrogens with one attached hydrogen (secondary N) is 1. The molecular formula is C15H15FN2O3. The van der Waals surface area contributed by atoms with E-state index < -0.39 is 18.0 Å². The summed E-state index contributed by atoms with van der Waals surface area (Å²) in [6, 6.07) is 14.7. The highest BCUT2D eigenvalue weighted by molar-refractivity contribution is 5.94. The van der Waals surface area contributed by atoms with Gasteiger partial charge in [-0.2, -0.15) is 10.8 Å². The van der Waals surface area contributed by atoms with Crippen LogP contribution in [0.15, 0.2) is 54.6 Å². The molecule has 1 atom stereocenters. The van der Waals surface area contributed by atoms with Crippen LogP contribution in [0.4, 0.5) is 4.39 Å². The first-order valence-corrected chi connectivity index (χ1v) is 6.31. The molecule has 2 aromatic rings. The molecule has 0 fully saturated rings. The van der Waals surface area contributed by atoms with Crippen molar-refractivity contribution in [1.29, 1.82) is 0 Å². The van der Waals surface area contributed by atoms with Gasteiger partial charge in [-0.25, -0.2) is 4.39 Å². The van der Waals surface area contributed by atoms with Crippen molar-refractivity contribution in [1.82, 2.24) is 5.32 Å². The van der Waals surface area contributed by atoms with Crippen molar-refractivity contribution in [3.63, 3.8) is 0 Å². The highest BCUT2D eigenvalue weighted by Crippen LogP contribution is 2.07. The van der Waals surface area contributed by atoms with E-state index in [1.807, 2.05) is 30.3 Å². The molecule has 5 nitrogen and oxygen atoms in total. The Kier molecular flexibility index (Phi) is 5.39. The lowest BCUT2D eigenvalue weighted by atomic mass is 10.1. The van der Waals surface area contributed by atoms with Crippen molar-refractivity contribution < 1.29 is 19.1 Å². The Morgan fingerprint density at radius 2 is 1.95 bits per heavy atom. The van der Waals surface area contributed by atoms with E-state index in [1.54, 1.807) is 0 Å². The van der Waals surface area contributed by atoms with Gasteiger partial charge < -0.3 is 5.32 Å². The topological polar surface area (TPSA) is 73.6 Å². The molecule has 0 aliphatic rings. The Balaban J connectivity index is 2.04. The zero-order chi connectivity index (χ0) is 15.1. The van der Waals surface area contributed by atoms with E-state index in [0.717, 1.165) is 11.6 Å². The summed E-state index contributed by atoms with van der Waals surface area (Å²) in [4.78, 5) is 21.0. The van der Waals surface area contributed by atoms with Crippen molar-refractivity contribution in [2.45, 2.75) is 12.6 Å². The number of benzene rings is 2. The second kappa shape index (κ2) is 7.49. The van der Waals surface area contributed by atoms with Gasteiger partial charge in [0.2, 0.25) is 0 Å². The van der Waals surface area contributed by atoms with E-state index >= 15 is 0 Å². The minimum Gasteiger partial charge on any atom is -0.324 e. The minimum absolute atomic E-state index is 0.189. The van der Waals surface area contributed by atoms with Gasteiger partial charge >= 0.3 is 0 Å². The van der Waals surface area contributed by atoms with Crippen LogP contribution in [0, 0.1) is 5.82 Å². The molecule has 0 saturated carbocycles. The van der Waals surface area contributed by atoms with E-state index in [-0.39, 0.29) is 5.56 Å². The van der Waals surface area contributed by atoms with E-state index in [1.165, 1.54) is 18.2 Å². The average Bonchev–Trinajstić information content (AvgIpc) is 2.48. The highest BCUT2D eigenvalue weighted by atomic mass is 19.1. The summed E-state index contributed by atoms with van der Waals surface area (Å²) in [5.74, 6) is 3.92. The predicted octanol–water partition coefficient (Wildman–Crippen LogP) is 1.95. The Bertz CT molecular complexity index is 592. The van der Waals surface area contributed by atoms with Crippen molar-refractivity contribution >= 4 is 5.91 Å². The molecule has 1 amide bonds. The van der Waals surface area contributed by atoms with Crippen molar-refractivity contribution in [2.75, 3.05) is 0 Å². The summed E-state index contributed by atoms with van der Waals surface area (Å²) >= 11 is 0. The Hall–Kier alpha value is -2.28. The summed E-state index contributed by atoms with van der Waals surface area (Å²) in [5.41, 5.74) is 1.12. The molecule has 0 spiro atoms. The Labute approximate surface area is 121 Å². The zero-order valence-corrected chi connectivity index (χ0v) is 11.2. The molecule has 2 aromatic carbocycles. The molecule has 0 aliphatic carbocycles. The second-order valence-corrected chi connectivity index (χ2v) is 4.35. The second-order valence-electron chi connectivity index (χ2n) is 4.35. The van der Waals surface area contributed by atoms with Gasteiger partial charge in [-0.15, -0.1) is 4.99 Å². The number of carbonyl (C=O) groups is 1. The molecule has 0 bridgehead atoms. The van der Waals surface area contributed by atoms with Crippen LogP contribution in [-0.2, 0) is 16.3 Å². The third kappa shape index (κ3) is 4.64. The van der Waals surface area contributed by atoms with E-state index in [9.17, 15) is 9.18 Å². The Morgan fingerprint density at radius 1 is 1.19 bits per heavy atom. The first-order chi connectivity index (χ1) is 10.2. The molecule has 1 unspecified atom stereocenters. The summed E-state index contributed by atoms with van der Waals surface area (Å²) in [6.45, 7) is 0. The molecule has 0 aliphatic heterocycles. The lowest BCUT2D eigenvalue weighted by Crippen LogP contribution is -2.39. The smallest absolute Gasteiger partial charge is 0.253 e. The molecular weight excluding hydrogens is 275 g/mol. The maximum absolute atomic E-state index is 13.1. The third-order valence-electron chi connectivity index (χ3n) is 2.81.